The maximum atomic E-state index is 13.0. The smallest absolute Gasteiger partial charge is 0.263 e. The molecule has 0 radical (unpaired) electrons. The summed E-state index contributed by atoms with van der Waals surface area (Å²) in [4.78, 5) is 29.9. The van der Waals surface area contributed by atoms with E-state index >= 15 is 0 Å². The van der Waals surface area contributed by atoms with Crippen LogP contribution in [0.4, 0.5) is 5.69 Å². The molecule has 9 nitrogen and oxygen atoms in total. The average molecular weight is 481 g/mol. The molecule has 1 N–H and O–H groups in total. The summed E-state index contributed by atoms with van der Waals surface area (Å²) in [6.07, 6.45) is 1.51. The normalized spacial score (nSPS) is 10.7. The van der Waals surface area contributed by atoms with Crippen LogP contribution in [-0.2, 0) is 11.3 Å². The van der Waals surface area contributed by atoms with Gasteiger partial charge in [0, 0.05) is 11.8 Å². The molecule has 34 heavy (non-hydrogen) atoms. The molecule has 0 saturated heterocycles. The van der Waals surface area contributed by atoms with Crippen molar-refractivity contribution in [2.75, 3.05) is 19.5 Å². The maximum absolute atomic E-state index is 13.0. The molecule has 1 amide bonds. The molecule has 174 valence electrons. The van der Waals surface area contributed by atoms with Crippen molar-refractivity contribution in [2.45, 2.75) is 13.5 Å². The molecule has 0 aliphatic rings. The van der Waals surface area contributed by atoms with Crippen LogP contribution in [0.2, 0.25) is 5.02 Å². The molecule has 0 saturated carbocycles. The summed E-state index contributed by atoms with van der Waals surface area (Å²) in [5.41, 5.74) is 1.79. The zero-order chi connectivity index (χ0) is 24.2. The number of carbonyl (C=O) groups is 1. The van der Waals surface area contributed by atoms with Crippen molar-refractivity contribution in [3.63, 3.8) is 0 Å². The second-order valence-electron chi connectivity index (χ2n) is 7.38. The van der Waals surface area contributed by atoms with Crippen LogP contribution in [0.1, 0.15) is 5.56 Å². The van der Waals surface area contributed by atoms with Crippen LogP contribution in [0.3, 0.4) is 0 Å². The van der Waals surface area contributed by atoms with E-state index < -0.39 is 11.5 Å². The Bertz CT molecular complexity index is 1410. The Labute approximate surface area is 199 Å². The zero-order valence-electron chi connectivity index (χ0n) is 18.7. The molecule has 2 heterocycles. The first kappa shape index (κ1) is 23.1. The van der Waals surface area contributed by atoms with Crippen LogP contribution in [0.5, 0.6) is 11.5 Å². The van der Waals surface area contributed by atoms with E-state index in [-0.39, 0.29) is 23.8 Å². The fraction of sp³-hybridized carbons (Fsp3) is 0.167. The number of aromatic nitrogens is 3. The van der Waals surface area contributed by atoms with E-state index in [0.717, 1.165) is 5.56 Å². The Kier molecular flexibility index (Phi) is 6.65. The van der Waals surface area contributed by atoms with Crippen molar-refractivity contribution in [3.8, 4) is 34.3 Å². The first-order valence-electron chi connectivity index (χ1n) is 10.2. The Balaban J connectivity index is 1.56. The number of ether oxygens (including phenoxy) is 2. The van der Waals surface area contributed by atoms with Crippen molar-refractivity contribution in [2.24, 2.45) is 0 Å². The summed E-state index contributed by atoms with van der Waals surface area (Å²) >= 11 is 6.18. The van der Waals surface area contributed by atoms with E-state index in [1.807, 2.05) is 13.0 Å². The lowest BCUT2D eigenvalue weighted by molar-refractivity contribution is -0.116. The highest BCUT2D eigenvalue weighted by Crippen LogP contribution is 2.31. The topological polar surface area (TPSA) is 108 Å². The minimum atomic E-state index is -0.449. The standard InChI is InChI=1S/C24H21ClN4O5/c1-14-6-8-18(17(25)11-14)26-21(30)13-29-10-4-5-16(24(29)31)23-27-22(28-34-23)15-7-9-19(32-2)20(12-15)33-3/h4-12H,13H2,1-3H3,(H,26,30). The second kappa shape index (κ2) is 9.80. The van der Waals surface area contributed by atoms with Crippen LogP contribution in [-0.4, -0.2) is 34.8 Å². The molecule has 4 rings (SSSR count). The van der Waals surface area contributed by atoms with Gasteiger partial charge in [0.25, 0.3) is 11.4 Å². The summed E-state index contributed by atoms with van der Waals surface area (Å²) in [5, 5.41) is 7.11. The number of nitrogens with one attached hydrogen (secondary N) is 1. The van der Waals surface area contributed by atoms with E-state index in [1.54, 1.807) is 49.6 Å². The number of amides is 1. The SMILES string of the molecule is COc1ccc(-c2noc(-c3cccn(CC(=O)Nc4ccc(C)cc4Cl)c3=O)n2)cc1OC. The summed E-state index contributed by atoms with van der Waals surface area (Å²) in [6, 6.07) is 13.6. The number of pyridine rings is 1. The van der Waals surface area contributed by atoms with Gasteiger partial charge in [-0.2, -0.15) is 4.98 Å². The first-order chi connectivity index (χ1) is 16.4. The lowest BCUT2D eigenvalue weighted by Gasteiger charge is -2.10. The number of anilines is 1. The molecule has 2 aromatic heterocycles. The number of carbonyl (C=O) groups excluding carboxylic acids is 1. The lowest BCUT2D eigenvalue weighted by Crippen LogP contribution is -2.28. The monoisotopic (exact) mass is 480 g/mol. The molecule has 0 unspecified atom stereocenters. The first-order valence-corrected chi connectivity index (χ1v) is 10.6. The molecule has 0 atom stereocenters. The van der Waals surface area contributed by atoms with E-state index in [9.17, 15) is 9.59 Å². The summed E-state index contributed by atoms with van der Waals surface area (Å²) in [6.45, 7) is 1.68. The van der Waals surface area contributed by atoms with E-state index in [1.165, 1.54) is 17.9 Å². The summed E-state index contributed by atoms with van der Waals surface area (Å²) in [5.74, 6) is 0.976. The van der Waals surface area contributed by atoms with Crippen LogP contribution in [0.15, 0.2) is 64.0 Å². The number of rotatable bonds is 7. The van der Waals surface area contributed by atoms with Gasteiger partial charge < -0.3 is 23.9 Å². The van der Waals surface area contributed by atoms with Gasteiger partial charge in [-0.15, -0.1) is 0 Å². The molecule has 10 heteroatoms. The Morgan fingerprint density at radius 3 is 2.65 bits per heavy atom. The van der Waals surface area contributed by atoms with Gasteiger partial charge >= 0.3 is 0 Å². The van der Waals surface area contributed by atoms with E-state index in [2.05, 4.69) is 15.5 Å². The van der Waals surface area contributed by atoms with Gasteiger partial charge in [0.05, 0.1) is 24.9 Å². The number of nitrogens with zero attached hydrogens (tertiary/aromatic N) is 3. The number of benzene rings is 2. The van der Waals surface area contributed by atoms with Gasteiger partial charge in [-0.1, -0.05) is 22.8 Å². The Hall–Kier alpha value is -4.11. The lowest BCUT2D eigenvalue weighted by atomic mass is 10.2. The molecule has 0 bridgehead atoms. The van der Waals surface area contributed by atoms with Gasteiger partial charge in [0.15, 0.2) is 11.5 Å². The predicted octanol–water partition coefficient (Wildman–Crippen LogP) is 4.18. The van der Waals surface area contributed by atoms with Crippen molar-refractivity contribution in [1.82, 2.24) is 14.7 Å². The zero-order valence-corrected chi connectivity index (χ0v) is 19.4. The molecule has 4 aromatic rings. The fourth-order valence-electron chi connectivity index (χ4n) is 3.32. The quantitative estimate of drug-likeness (QED) is 0.422. The maximum Gasteiger partial charge on any atom is 0.263 e. The van der Waals surface area contributed by atoms with Gasteiger partial charge in [-0.25, -0.2) is 0 Å². The number of aryl methyl sites for hydroxylation is 1. The molecular formula is C24H21ClN4O5. The second-order valence-corrected chi connectivity index (χ2v) is 7.79. The van der Waals surface area contributed by atoms with Crippen molar-refractivity contribution in [1.29, 1.82) is 0 Å². The molecule has 2 aromatic carbocycles. The van der Waals surface area contributed by atoms with Crippen LogP contribution in [0.25, 0.3) is 22.8 Å². The molecule has 0 fully saturated rings. The number of hydrogen-bond acceptors (Lipinski definition) is 7. The number of halogens is 1. The molecule has 0 aliphatic heterocycles. The minimum absolute atomic E-state index is 0.0334. The summed E-state index contributed by atoms with van der Waals surface area (Å²) in [7, 11) is 3.07. The van der Waals surface area contributed by atoms with Crippen molar-refractivity contribution in [3.05, 3.63) is 75.7 Å². The van der Waals surface area contributed by atoms with Crippen molar-refractivity contribution < 1.29 is 18.8 Å². The van der Waals surface area contributed by atoms with E-state index in [0.29, 0.717) is 27.8 Å². The highest BCUT2D eigenvalue weighted by Gasteiger charge is 2.17. The minimum Gasteiger partial charge on any atom is -0.493 e. The molecule has 0 aliphatic carbocycles. The highest BCUT2D eigenvalue weighted by molar-refractivity contribution is 6.33. The molecule has 0 spiro atoms. The third-order valence-electron chi connectivity index (χ3n) is 5.03. The summed E-state index contributed by atoms with van der Waals surface area (Å²) < 4.78 is 17.1. The van der Waals surface area contributed by atoms with Gasteiger partial charge in [-0.3, -0.25) is 9.59 Å². The molecular weight excluding hydrogens is 460 g/mol. The number of methoxy groups -OCH3 is 2. The van der Waals surface area contributed by atoms with Gasteiger partial charge in [0.2, 0.25) is 11.7 Å². The third-order valence-corrected chi connectivity index (χ3v) is 5.34. The number of hydrogen-bond donors (Lipinski definition) is 1. The largest absolute Gasteiger partial charge is 0.493 e. The van der Waals surface area contributed by atoms with Crippen molar-refractivity contribution >= 4 is 23.2 Å². The Morgan fingerprint density at radius 2 is 1.91 bits per heavy atom. The van der Waals surface area contributed by atoms with Gasteiger partial charge in [-0.05, 0) is 55.0 Å². The van der Waals surface area contributed by atoms with Crippen LogP contribution < -0.4 is 20.3 Å². The van der Waals surface area contributed by atoms with Crippen LogP contribution >= 0.6 is 11.6 Å². The van der Waals surface area contributed by atoms with E-state index in [4.69, 9.17) is 25.6 Å². The average Bonchev–Trinajstić information content (AvgIpc) is 3.32. The third kappa shape index (κ3) is 4.79. The predicted molar refractivity (Wildman–Crippen MR) is 127 cm³/mol. The highest BCUT2D eigenvalue weighted by atomic mass is 35.5. The Morgan fingerprint density at radius 1 is 1.12 bits per heavy atom. The fourth-order valence-corrected chi connectivity index (χ4v) is 3.60. The van der Waals surface area contributed by atoms with Gasteiger partial charge in [0.1, 0.15) is 12.1 Å². The van der Waals surface area contributed by atoms with Crippen LogP contribution in [0, 0.1) is 6.92 Å².